The number of amides is 1. The topological polar surface area (TPSA) is 23.6 Å². The maximum atomic E-state index is 12.5. The van der Waals surface area contributed by atoms with E-state index in [-0.39, 0.29) is 5.91 Å². The summed E-state index contributed by atoms with van der Waals surface area (Å²) >= 11 is 5.78. The number of alkyl halides is 1. The van der Waals surface area contributed by atoms with Crippen LogP contribution in [0.2, 0.25) is 0 Å². The molecule has 0 radical (unpaired) electrons. The molecule has 0 bridgehead atoms. The first kappa shape index (κ1) is 14.4. The van der Waals surface area contributed by atoms with Crippen LogP contribution >= 0.6 is 11.6 Å². The fourth-order valence-corrected chi connectivity index (χ4v) is 2.74. The zero-order valence-electron chi connectivity index (χ0n) is 11.4. The molecule has 0 unspecified atom stereocenters. The van der Waals surface area contributed by atoms with Crippen LogP contribution in [0.3, 0.4) is 0 Å². The first-order chi connectivity index (χ1) is 9.22. The van der Waals surface area contributed by atoms with Crippen molar-refractivity contribution in [2.45, 2.75) is 13.3 Å². The van der Waals surface area contributed by atoms with E-state index in [9.17, 15) is 4.79 Å². The molecular weight excluding hydrogens is 260 g/mol. The molecule has 1 heterocycles. The second-order valence-corrected chi connectivity index (χ2v) is 5.37. The van der Waals surface area contributed by atoms with Gasteiger partial charge in [0.05, 0.1) is 0 Å². The normalized spacial score (nSPS) is 17.3. The van der Waals surface area contributed by atoms with E-state index in [4.69, 9.17) is 11.6 Å². The van der Waals surface area contributed by atoms with Gasteiger partial charge in [-0.1, -0.05) is 18.2 Å². The Morgan fingerprint density at radius 2 is 2.00 bits per heavy atom. The molecule has 1 fully saturated rings. The molecule has 19 heavy (non-hydrogen) atoms. The predicted molar refractivity (Wildman–Crippen MR) is 78.9 cm³/mol. The smallest absolute Gasteiger partial charge is 0.254 e. The van der Waals surface area contributed by atoms with Gasteiger partial charge in [-0.15, -0.1) is 11.6 Å². The summed E-state index contributed by atoms with van der Waals surface area (Å²) in [5, 5.41) is 0. The van der Waals surface area contributed by atoms with Gasteiger partial charge in [-0.05, 0) is 31.5 Å². The lowest BCUT2D eigenvalue weighted by atomic mass is 10.1. The molecule has 0 saturated carbocycles. The monoisotopic (exact) mass is 280 g/mol. The Morgan fingerprint density at radius 3 is 2.74 bits per heavy atom. The molecule has 2 rings (SSSR count). The minimum atomic E-state index is 0.158. The van der Waals surface area contributed by atoms with Crippen LogP contribution in [0.5, 0.6) is 0 Å². The first-order valence-corrected chi connectivity index (χ1v) is 7.39. The molecule has 1 saturated heterocycles. The molecule has 1 aliphatic heterocycles. The highest BCUT2D eigenvalue weighted by Crippen LogP contribution is 2.13. The Morgan fingerprint density at radius 1 is 1.21 bits per heavy atom. The Hall–Kier alpha value is -1.06. The number of rotatable bonds is 3. The molecular formula is C15H21ClN2O. The van der Waals surface area contributed by atoms with Crippen LogP contribution in [0, 0.1) is 6.92 Å². The van der Waals surface area contributed by atoms with Gasteiger partial charge in [-0.25, -0.2) is 0 Å². The predicted octanol–water partition coefficient (Wildman–Crippen LogP) is 2.38. The molecule has 1 amide bonds. The number of nitrogens with zero attached hydrogens (tertiary/aromatic N) is 2. The number of carbonyl (C=O) groups is 1. The van der Waals surface area contributed by atoms with E-state index < -0.39 is 0 Å². The Balaban J connectivity index is 2.02. The van der Waals surface area contributed by atoms with E-state index in [1.165, 1.54) is 0 Å². The van der Waals surface area contributed by atoms with Crippen molar-refractivity contribution >= 4 is 17.5 Å². The van der Waals surface area contributed by atoms with Crippen LogP contribution in [-0.4, -0.2) is 54.3 Å². The summed E-state index contributed by atoms with van der Waals surface area (Å²) in [7, 11) is 0. The summed E-state index contributed by atoms with van der Waals surface area (Å²) in [6, 6.07) is 7.80. The molecule has 4 heteroatoms. The summed E-state index contributed by atoms with van der Waals surface area (Å²) in [6.07, 6.45) is 1.02. The van der Waals surface area contributed by atoms with Gasteiger partial charge in [0.15, 0.2) is 0 Å². The summed E-state index contributed by atoms with van der Waals surface area (Å²) in [4.78, 5) is 16.8. The van der Waals surface area contributed by atoms with Crippen LogP contribution in [0.4, 0.5) is 0 Å². The van der Waals surface area contributed by atoms with Gasteiger partial charge >= 0.3 is 0 Å². The van der Waals surface area contributed by atoms with Crippen molar-refractivity contribution in [2.24, 2.45) is 0 Å². The molecule has 0 aliphatic carbocycles. The highest BCUT2D eigenvalue weighted by atomic mass is 35.5. The largest absolute Gasteiger partial charge is 0.337 e. The lowest BCUT2D eigenvalue weighted by Crippen LogP contribution is -2.36. The van der Waals surface area contributed by atoms with Crippen molar-refractivity contribution < 1.29 is 4.79 Å². The van der Waals surface area contributed by atoms with Crippen molar-refractivity contribution in [2.75, 3.05) is 38.6 Å². The lowest BCUT2D eigenvalue weighted by Gasteiger charge is -2.22. The van der Waals surface area contributed by atoms with Crippen molar-refractivity contribution in [1.29, 1.82) is 0 Å². The number of hydrogen-bond donors (Lipinski definition) is 0. The van der Waals surface area contributed by atoms with Crippen LogP contribution in [0.1, 0.15) is 22.3 Å². The number of carbonyl (C=O) groups excluding carboxylic acids is 1. The lowest BCUT2D eigenvalue weighted by molar-refractivity contribution is 0.0761. The molecule has 1 aromatic carbocycles. The van der Waals surface area contributed by atoms with Gasteiger partial charge < -0.3 is 9.80 Å². The van der Waals surface area contributed by atoms with Gasteiger partial charge in [0.1, 0.15) is 0 Å². The van der Waals surface area contributed by atoms with Crippen LogP contribution in [-0.2, 0) is 0 Å². The summed E-state index contributed by atoms with van der Waals surface area (Å²) in [5.41, 5.74) is 1.88. The number of hydrogen-bond acceptors (Lipinski definition) is 2. The third kappa shape index (κ3) is 3.71. The highest BCUT2D eigenvalue weighted by molar-refractivity contribution is 6.18. The van der Waals surface area contributed by atoms with Gasteiger partial charge in [-0.3, -0.25) is 4.79 Å². The maximum Gasteiger partial charge on any atom is 0.254 e. The van der Waals surface area contributed by atoms with Crippen molar-refractivity contribution in [3.8, 4) is 0 Å². The maximum absolute atomic E-state index is 12.5. The molecule has 1 aromatic rings. The fourth-order valence-electron chi connectivity index (χ4n) is 2.50. The fraction of sp³-hybridized carbons (Fsp3) is 0.533. The molecule has 0 atom stereocenters. The van der Waals surface area contributed by atoms with E-state index in [2.05, 4.69) is 4.90 Å². The Labute approximate surface area is 120 Å². The average molecular weight is 281 g/mol. The average Bonchev–Trinajstić information content (AvgIpc) is 2.65. The van der Waals surface area contributed by atoms with Gasteiger partial charge in [0.2, 0.25) is 0 Å². The number of halogens is 1. The van der Waals surface area contributed by atoms with Gasteiger partial charge in [0, 0.05) is 37.6 Å². The standard InChI is InChI=1S/C15H21ClN2O/c1-13-5-2-3-6-14(13)15(19)18-9-4-8-17(10-7-16)11-12-18/h2-3,5-6H,4,7-12H2,1H3. The van der Waals surface area contributed by atoms with E-state index in [0.717, 1.165) is 50.3 Å². The zero-order valence-corrected chi connectivity index (χ0v) is 12.2. The zero-order chi connectivity index (χ0) is 13.7. The molecule has 0 aromatic heterocycles. The molecule has 104 valence electrons. The van der Waals surface area contributed by atoms with Crippen LogP contribution < -0.4 is 0 Å². The first-order valence-electron chi connectivity index (χ1n) is 6.85. The Kier molecular flexibility index (Phi) is 5.23. The number of benzene rings is 1. The highest BCUT2D eigenvalue weighted by Gasteiger charge is 2.20. The Bertz CT molecular complexity index is 436. The quantitative estimate of drug-likeness (QED) is 0.794. The second-order valence-electron chi connectivity index (χ2n) is 4.99. The van der Waals surface area contributed by atoms with Crippen molar-refractivity contribution in [3.63, 3.8) is 0 Å². The van der Waals surface area contributed by atoms with Gasteiger partial charge in [0.25, 0.3) is 5.91 Å². The summed E-state index contributed by atoms with van der Waals surface area (Å²) in [5.74, 6) is 0.817. The second kappa shape index (κ2) is 6.92. The number of aryl methyl sites for hydroxylation is 1. The molecule has 3 nitrogen and oxygen atoms in total. The van der Waals surface area contributed by atoms with E-state index in [0.29, 0.717) is 5.88 Å². The third-order valence-corrected chi connectivity index (χ3v) is 3.82. The summed E-state index contributed by atoms with van der Waals surface area (Å²) < 4.78 is 0. The molecule has 0 N–H and O–H groups in total. The van der Waals surface area contributed by atoms with Gasteiger partial charge in [-0.2, -0.15) is 0 Å². The minimum Gasteiger partial charge on any atom is -0.337 e. The molecule has 1 aliphatic rings. The SMILES string of the molecule is Cc1ccccc1C(=O)N1CCCN(CCCl)CC1. The van der Waals surface area contributed by atoms with E-state index in [1.807, 2.05) is 36.1 Å². The summed E-state index contributed by atoms with van der Waals surface area (Å²) in [6.45, 7) is 6.49. The molecule has 0 spiro atoms. The third-order valence-electron chi connectivity index (χ3n) is 3.65. The van der Waals surface area contributed by atoms with E-state index in [1.54, 1.807) is 0 Å². The van der Waals surface area contributed by atoms with Crippen LogP contribution in [0.25, 0.3) is 0 Å². The van der Waals surface area contributed by atoms with E-state index >= 15 is 0 Å². The minimum absolute atomic E-state index is 0.158. The van der Waals surface area contributed by atoms with Crippen molar-refractivity contribution in [1.82, 2.24) is 9.80 Å². The van der Waals surface area contributed by atoms with Crippen molar-refractivity contribution in [3.05, 3.63) is 35.4 Å². The van der Waals surface area contributed by atoms with Crippen LogP contribution in [0.15, 0.2) is 24.3 Å².